The predicted molar refractivity (Wildman–Crippen MR) is 109 cm³/mol. The molecule has 1 aliphatic heterocycles. The molecule has 0 saturated carbocycles. The van der Waals surface area contributed by atoms with Crippen molar-refractivity contribution in [2.75, 3.05) is 0 Å². The van der Waals surface area contributed by atoms with Gasteiger partial charge in [-0.15, -0.1) is 0 Å². The van der Waals surface area contributed by atoms with Crippen molar-refractivity contribution in [3.63, 3.8) is 0 Å². The number of esters is 2. The van der Waals surface area contributed by atoms with Crippen LogP contribution in [0.2, 0.25) is 0 Å². The molecule has 0 bridgehead atoms. The molecular weight excluding hydrogens is 348 g/mol. The van der Waals surface area contributed by atoms with Crippen molar-refractivity contribution in [3.8, 4) is 0 Å². The molecule has 0 aromatic heterocycles. The summed E-state index contributed by atoms with van der Waals surface area (Å²) in [6.45, 7) is 2.16. The van der Waals surface area contributed by atoms with Crippen LogP contribution < -0.4 is 0 Å². The highest BCUT2D eigenvalue weighted by Gasteiger charge is 2.52. The third-order valence-electron chi connectivity index (χ3n) is 5.67. The maximum absolute atomic E-state index is 12.7. The van der Waals surface area contributed by atoms with Gasteiger partial charge in [0.2, 0.25) is 0 Å². The topological polar surface area (TPSA) is 43.4 Å². The number of unbranched alkanes of at least 4 members (excludes halogenated alkanes) is 1. The largest absolute Gasteiger partial charge is 0.392 e. The van der Waals surface area contributed by atoms with Crippen molar-refractivity contribution >= 4 is 18.0 Å². The smallest absolute Gasteiger partial charge is 0.322 e. The highest BCUT2D eigenvalue weighted by atomic mass is 16.6. The zero-order valence-electron chi connectivity index (χ0n) is 16.0. The minimum Gasteiger partial charge on any atom is -0.392 e. The highest BCUT2D eigenvalue weighted by molar-refractivity contribution is 6.01. The third-order valence-corrected chi connectivity index (χ3v) is 5.67. The van der Waals surface area contributed by atoms with Gasteiger partial charge in [-0.1, -0.05) is 86.2 Å². The van der Waals surface area contributed by atoms with Gasteiger partial charge in [0, 0.05) is 5.92 Å². The summed E-state index contributed by atoms with van der Waals surface area (Å²) in [6.07, 6.45) is 7.26. The Bertz CT molecular complexity index is 925. The molecule has 1 fully saturated rings. The van der Waals surface area contributed by atoms with Crippen LogP contribution in [0.3, 0.4) is 0 Å². The Kier molecular flexibility index (Phi) is 5.25. The molecule has 0 radical (unpaired) electrons. The van der Waals surface area contributed by atoms with E-state index in [2.05, 4.69) is 19.1 Å². The number of carbonyl (C=O) groups is 2. The van der Waals surface area contributed by atoms with Gasteiger partial charge in [-0.05, 0) is 35.1 Å². The molecule has 3 heteroatoms. The van der Waals surface area contributed by atoms with Gasteiger partial charge in [0.25, 0.3) is 0 Å². The molecule has 1 aliphatic carbocycles. The van der Waals surface area contributed by atoms with E-state index >= 15 is 0 Å². The lowest BCUT2D eigenvalue weighted by atomic mass is 9.68. The standard InChI is InChI=1S/C25H24O3/c1-2-3-12-19-16-21(18-13-8-5-9-14-18)23-22(24(26)28-25(23)27)20(19)15-17-10-6-4-7-11-17/h4-11,13-16,21-23H,2-3,12H2,1H3/b20-15+/t21-,22-,23+/m0/s1. The maximum Gasteiger partial charge on any atom is 0.322 e. The van der Waals surface area contributed by atoms with Crippen LogP contribution in [0, 0.1) is 11.8 Å². The van der Waals surface area contributed by atoms with Crippen molar-refractivity contribution in [1.82, 2.24) is 0 Å². The zero-order chi connectivity index (χ0) is 19.5. The molecule has 142 valence electrons. The molecule has 28 heavy (non-hydrogen) atoms. The van der Waals surface area contributed by atoms with Gasteiger partial charge < -0.3 is 4.74 Å². The summed E-state index contributed by atoms with van der Waals surface area (Å²) in [6, 6.07) is 19.9. The summed E-state index contributed by atoms with van der Waals surface area (Å²) in [5.41, 5.74) is 4.18. The number of fused-ring (bicyclic) bond motifs is 1. The Balaban J connectivity index is 1.86. The summed E-state index contributed by atoms with van der Waals surface area (Å²) < 4.78 is 5.13. The second-order valence-electron chi connectivity index (χ2n) is 7.49. The Hall–Kier alpha value is -2.94. The minimum atomic E-state index is -0.533. The van der Waals surface area contributed by atoms with E-state index in [0.29, 0.717) is 0 Å². The van der Waals surface area contributed by atoms with E-state index in [9.17, 15) is 9.59 Å². The summed E-state index contributed by atoms with van der Waals surface area (Å²) in [5.74, 6) is -1.98. The molecule has 3 atom stereocenters. The van der Waals surface area contributed by atoms with Crippen LogP contribution in [0.15, 0.2) is 77.9 Å². The normalized spacial score (nSPS) is 25.4. The number of benzene rings is 2. The van der Waals surface area contributed by atoms with E-state index < -0.39 is 23.8 Å². The van der Waals surface area contributed by atoms with E-state index in [1.54, 1.807) is 0 Å². The molecule has 1 saturated heterocycles. The first-order chi connectivity index (χ1) is 13.7. The van der Waals surface area contributed by atoms with E-state index in [4.69, 9.17) is 4.74 Å². The number of allylic oxidation sites excluding steroid dienone is 2. The average Bonchev–Trinajstić information content (AvgIpc) is 3.03. The SMILES string of the molecule is CCCCC1=C[C@@H](c2ccccc2)[C@H]2C(=O)OC(=O)[C@H]2/C1=C/c1ccccc1. The number of rotatable bonds is 5. The molecule has 2 aromatic rings. The second kappa shape index (κ2) is 7.97. The quantitative estimate of drug-likeness (QED) is 0.528. The van der Waals surface area contributed by atoms with Crippen LogP contribution in [0.25, 0.3) is 6.08 Å². The summed E-state index contributed by atoms with van der Waals surface area (Å²) >= 11 is 0. The fourth-order valence-electron chi connectivity index (χ4n) is 4.29. The number of hydrogen-bond acceptors (Lipinski definition) is 3. The lowest BCUT2D eigenvalue weighted by Gasteiger charge is -2.31. The van der Waals surface area contributed by atoms with E-state index in [1.807, 2.05) is 60.7 Å². The molecule has 2 aromatic carbocycles. The van der Waals surface area contributed by atoms with Gasteiger partial charge in [0.1, 0.15) is 0 Å². The fraction of sp³-hybridized carbons (Fsp3) is 0.280. The summed E-state index contributed by atoms with van der Waals surface area (Å²) in [7, 11) is 0. The number of cyclic esters (lactones) is 2. The Morgan fingerprint density at radius 2 is 1.61 bits per heavy atom. The second-order valence-corrected chi connectivity index (χ2v) is 7.49. The van der Waals surface area contributed by atoms with Crippen LogP contribution in [0.5, 0.6) is 0 Å². The first-order valence-corrected chi connectivity index (χ1v) is 9.97. The van der Waals surface area contributed by atoms with Crippen molar-refractivity contribution in [1.29, 1.82) is 0 Å². The Labute approximate surface area is 165 Å². The molecule has 0 N–H and O–H groups in total. The third kappa shape index (κ3) is 3.45. The van der Waals surface area contributed by atoms with Crippen LogP contribution in [0.4, 0.5) is 0 Å². The van der Waals surface area contributed by atoms with Gasteiger partial charge in [0.05, 0.1) is 11.8 Å². The first kappa shape index (κ1) is 18.4. The van der Waals surface area contributed by atoms with Gasteiger partial charge in [-0.25, -0.2) is 0 Å². The van der Waals surface area contributed by atoms with E-state index in [1.165, 1.54) is 0 Å². The molecule has 0 spiro atoms. The molecule has 3 nitrogen and oxygen atoms in total. The Morgan fingerprint density at radius 3 is 2.29 bits per heavy atom. The van der Waals surface area contributed by atoms with Crippen LogP contribution in [0.1, 0.15) is 43.2 Å². The van der Waals surface area contributed by atoms with Crippen LogP contribution in [-0.2, 0) is 14.3 Å². The lowest BCUT2D eigenvalue weighted by Crippen LogP contribution is -2.30. The highest BCUT2D eigenvalue weighted by Crippen LogP contribution is 2.48. The monoisotopic (exact) mass is 372 g/mol. The average molecular weight is 372 g/mol. The number of hydrogen-bond donors (Lipinski definition) is 0. The predicted octanol–water partition coefficient (Wildman–Crippen LogP) is 5.30. The number of carbonyl (C=O) groups excluding carboxylic acids is 2. The van der Waals surface area contributed by atoms with Crippen molar-refractivity contribution < 1.29 is 14.3 Å². The molecule has 1 heterocycles. The molecule has 0 unspecified atom stereocenters. The van der Waals surface area contributed by atoms with Crippen molar-refractivity contribution in [2.24, 2.45) is 11.8 Å². The van der Waals surface area contributed by atoms with Crippen LogP contribution >= 0.6 is 0 Å². The first-order valence-electron chi connectivity index (χ1n) is 9.97. The van der Waals surface area contributed by atoms with Gasteiger partial charge in [-0.3, -0.25) is 9.59 Å². The van der Waals surface area contributed by atoms with E-state index in [-0.39, 0.29) is 5.92 Å². The maximum atomic E-state index is 12.7. The zero-order valence-corrected chi connectivity index (χ0v) is 16.0. The van der Waals surface area contributed by atoms with Gasteiger partial charge in [0.15, 0.2) is 0 Å². The van der Waals surface area contributed by atoms with Crippen molar-refractivity contribution in [2.45, 2.75) is 32.1 Å². The Morgan fingerprint density at radius 1 is 0.929 bits per heavy atom. The molecule has 4 rings (SSSR count). The van der Waals surface area contributed by atoms with Gasteiger partial charge in [-0.2, -0.15) is 0 Å². The number of ether oxygens (including phenoxy) is 1. The summed E-state index contributed by atoms with van der Waals surface area (Å²) in [4.78, 5) is 25.3. The summed E-state index contributed by atoms with van der Waals surface area (Å²) in [5, 5.41) is 0. The lowest BCUT2D eigenvalue weighted by molar-refractivity contribution is -0.153. The molecular formula is C25H24O3. The molecule has 0 amide bonds. The fourth-order valence-corrected chi connectivity index (χ4v) is 4.29. The van der Waals surface area contributed by atoms with E-state index in [0.717, 1.165) is 41.5 Å². The van der Waals surface area contributed by atoms with Gasteiger partial charge >= 0.3 is 11.9 Å². The van der Waals surface area contributed by atoms with Crippen molar-refractivity contribution in [3.05, 3.63) is 89.0 Å². The molecule has 2 aliphatic rings. The minimum absolute atomic E-state index is 0.134. The van der Waals surface area contributed by atoms with Crippen LogP contribution in [-0.4, -0.2) is 11.9 Å².